The van der Waals surface area contributed by atoms with E-state index in [9.17, 15) is 9.59 Å². The molecule has 0 spiro atoms. The van der Waals surface area contributed by atoms with Crippen molar-refractivity contribution in [1.82, 2.24) is 25.0 Å². The minimum Gasteiger partial charge on any atom is -0.319 e. The maximum atomic E-state index is 12.9. The van der Waals surface area contributed by atoms with Crippen LogP contribution in [-0.4, -0.2) is 38.1 Å². The molecule has 7 heteroatoms. The van der Waals surface area contributed by atoms with E-state index in [0.717, 1.165) is 24.8 Å². The molecule has 7 nitrogen and oxygen atoms in total. The van der Waals surface area contributed by atoms with Gasteiger partial charge >= 0.3 is 6.03 Å². The average Bonchev–Trinajstić information content (AvgIpc) is 3.28. The fraction of sp³-hybridized carbons (Fsp3) is 0.412. The minimum absolute atomic E-state index is 0.217. The lowest BCUT2D eigenvalue weighted by atomic mass is 9.90. The first-order valence-corrected chi connectivity index (χ1v) is 8.17. The summed E-state index contributed by atoms with van der Waals surface area (Å²) < 4.78 is 1.60. The lowest BCUT2D eigenvalue weighted by Crippen LogP contribution is -2.41. The summed E-state index contributed by atoms with van der Waals surface area (Å²) in [7, 11) is 0. The Morgan fingerprint density at radius 1 is 1.21 bits per heavy atom. The van der Waals surface area contributed by atoms with Crippen molar-refractivity contribution in [2.24, 2.45) is 0 Å². The molecule has 0 bridgehead atoms. The monoisotopic (exact) mass is 325 g/mol. The lowest BCUT2D eigenvalue weighted by Gasteiger charge is -2.23. The van der Waals surface area contributed by atoms with Gasteiger partial charge in [0, 0.05) is 0 Å². The first kappa shape index (κ1) is 14.9. The molecule has 1 atom stereocenters. The lowest BCUT2D eigenvalue weighted by molar-refractivity contribution is -0.131. The maximum Gasteiger partial charge on any atom is 0.325 e. The van der Waals surface area contributed by atoms with Gasteiger partial charge in [-0.15, -0.1) is 0 Å². The van der Waals surface area contributed by atoms with E-state index in [1.165, 1.54) is 22.4 Å². The number of fused-ring (bicyclic) bond motifs is 1. The van der Waals surface area contributed by atoms with Crippen LogP contribution in [0.4, 0.5) is 4.79 Å². The Morgan fingerprint density at radius 3 is 2.83 bits per heavy atom. The molecule has 3 amide bonds. The standard InChI is InChI=1S/C17H19N5O2/c1-17(14-6-5-12-3-2-4-13(12)9-14)15(23)22(16(24)20-17)8-7-21-11-18-10-19-21/h5-6,9-11H,2-4,7-8H2,1H3,(H,20,24). The van der Waals surface area contributed by atoms with Gasteiger partial charge in [-0.25, -0.2) is 9.78 Å². The van der Waals surface area contributed by atoms with E-state index >= 15 is 0 Å². The molecule has 2 aromatic rings. The van der Waals surface area contributed by atoms with Crippen LogP contribution >= 0.6 is 0 Å². The van der Waals surface area contributed by atoms with E-state index in [2.05, 4.69) is 27.5 Å². The van der Waals surface area contributed by atoms with Crippen molar-refractivity contribution < 1.29 is 9.59 Å². The van der Waals surface area contributed by atoms with Crippen molar-refractivity contribution in [2.75, 3.05) is 6.54 Å². The molecule has 124 valence electrons. The van der Waals surface area contributed by atoms with Crippen LogP contribution in [0, 0.1) is 0 Å². The quantitative estimate of drug-likeness (QED) is 0.858. The molecule has 1 aromatic carbocycles. The fourth-order valence-electron chi connectivity index (χ4n) is 3.53. The number of aryl methyl sites for hydroxylation is 2. The highest BCUT2D eigenvalue weighted by atomic mass is 16.2. The number of hydrogen-bond donors (Lipinski definition) is 1. The molecule has 1 N–H and O–H groups in total. The van der Waals surface area contributed by atoms with Crippen molar-refractivity contribution in [1.29, 1.82) is 0 Å². The summed E-state index contributed by atoms with van der Waals surface area (Å²) in [5.74, 6) is -0.217. The molecule has 24 heavy (non-hydrogen) atoms. The molecule has 2 aliphatic rings. The highest BCUT2D eigenvalue weighted by molar-refractivity contribution is 6.07. The number of nitrogens with zero attached hydrogens (tertiary/aromatic N) is 4. The Morgan fingerprint density at radius 2 is 2.04 bits per heavy atom. The number of urea groups is 1. The van der Waals surface area contributed by atoms with Crippen LogP contribution in [0.3, 0.4) is 0 Å². The predicted molar refractivity (Wildman–Crippen MR) is 86.1 cm³/mol. The molecule has 1 aromatic heterocycles. The second-order valence-electron chi connectivity index (χ2n) is 6.51. The molecular weight excluding hydrogens is 306 g/mol. The van der Waals surface area contributed by atoms with Crippen LogP contribution in [0.1, 0.15) is 30.0 Å². The van der Waals surface area contributed by atoms with Gasteiger partial charge in [0.25, 0.3) is 5.91 Å². The Bertz CT molecular complexity index is 801. The van der Waals surface area contributed by atoms with Crippen LogP contribution in [0.25, 0.3) is 0 Å². The summed E-state index contributed by atoms with van der Waals surface area (Å²) in [6, 6.07) is 5.76. The van der Waals surface area contributed by atoms with E-state index in [1.54, 1.807) is 17.9 Å². The van der Waals surface area contributed by atoms with Crippen molar-refractivity contribution in [3.8, 4) is 0 Å². The van der Waals surface area contributed by atoms with Crippen LogP contribution in [0.2, 0.25) is 0 Å². The number of aromatic nitrogens is 3. The van der Waals surface area contributed by atoms with Crippen LogP contribution in [0.15, 0.2) is 30.9 Å². The van der Waals surface area contributed by atoms with Crippen molar-refractivity contribution in [2.45, 2.75) is 38.3 Å². The number of imide groups is 1. The van der Waals surface area contributed by atoms with Gasteiger partial charge in [-0.2, -0.15) is 5.10 Å². The zero-order valence-corrected chi connectivity index (χ0v) is 13.5. The van der Waals surface area contributed by atoms with Crippen molar-refractivity contribution in [3.05, 3.63) is 47.5 Å². The normalized spacial score (nSPS) is 22.8. The van der Waals surface area contributed by atoms with Crippen molar-refractivity contribution >= 4 is 11.9 Å². The average molecular weight is 325 g/mol. The molecule has 4 rings (SSSR count). The molecular formula is C17H19N5O2. The topological polar surface area (TPSA) is 80.1 Å². The molecule has 0 saturated carbocycles. The van der Waals surface area contributed by atoms with E-state index in [4.69, 9.17) is 0 Å². The zero-order chi connectivity index (χ0) is 16.7. The minimum atomic E-state index is -1.00. The van der Waals surface area contributed by atoms with Crippen LogP contribution in [-0.2, 0) is 29.7 Å². The molecule has 1 saturated heterocycles. The largest absolute Gasteiger partial charge is 0.325 e. The van der Waals surface area contributed by atoms with Crippen LogP contribution < -0.4 is 5.32 Å². The molecule has 2 heterocycles. The highest BCUT2D eigenvalue weighted by Gasteiger charge is 2.48. The van der Waals surface area contributed by atoms with Gasteiger partial charge in [0.2, 0.25) is 0 Å². The number of benzene rings is 1. The number of hydrogen-bond acceptors (Lipinski definition) is 4. The number of carbonyl (C=O) groups excluding carboxylic acids is 2. The Kier molecular flexibility index (Phi) is 3.37. The van der Waals surface area contributed by atoms with Crippen LogP contribution in [0.5, 0.6) is 0 Å². The van der Waals surface area contributed by atoms with Gasteiger partial charge in [0.1, 0.15) is 18.2 Å². The number of nitrogens with one attached hydrogen (secondary N) is 1. The smallest absolute Gasteiger partial charge is 0.319 e. The van der Waals surface area contributed by atoms with Gasteiger partial charge < -0.3 is 5.32 Å². The highest BCUT2D eigenvalue weighted by Crippen LogP contribution is 2.32. The third kappa shape index (κ3) is 2.28. The second-order valence-corrected chi connectivity index (χ2v) is 6.51. The van der Waals surface area contributed by atoms with Gasteiger partial charge in [0.15, 0.2) is 0 Å². The van der Waals surface area contributed by atoms with Crippen molar-refractivity contribution in [3.63, 3.8) is 0 Å². The van der Waals surface area contributed by atoms with Gasteiger partial charge in [-0.1, -0.05) is 18.2 Å². The number of carbonyl (C=O) groups is 2. The Labute approximate surface area is 139 Å². The summed E-state index contributed by atoms with van der Waals surface area (Å²) in [6.07, 6.45) is 6.28. The van der Waals surface area contributed by atoms with E-state index in [-0.39, 0.29) is 18.5 Å². The summed E-state index contributed by atoms with van der Waals surface area (Å²) in [5, 5.41) is 6.86. The van der Waals surface area contributed by atoms with E-state index < -0.39 is 5.54 Å². The first-order valence-electron chi connectivity index (χ1n) is 8.17. The number of amides is 3. The first-order chi connectivity index (χ1) is 11.6. The molecule has 0 radical (unpaired) electrons. The second kappa shape index (κ2) is 5.43. The maximum absolute atomic E-state index is 12.9. The van der Waals surface area contributed by atoms with Gasteiger partial charge in [-0.05, 0) is 42.9 Å². The van der Waals surface area contributed by atoms with E-state index in [0.29, 0.717) is 6.54 Å². The zero-order valence-electron chi connectivity index (χ0n) is 13.5. The number of rotatable bonds is 4. The van der Waals surface area contributed by atoms with Gasteiger partial charge in [-0.3, -0.25) is 14.4 Å². The third-order valence-electron chi connectivity index (χ3n) is 4.97. The molecule has 1 fully saturated rings. The van der Waals surface area contributed by atoms with Gasteiger partial charge in [0.05, 0.1) is 13.1 Å². The fourth-order valence-corrected chi connectivity index (χ4v) is 3.53. The summed E-state index contributed by atoms with van der Waals surface area (Å²) in [4.78, 5) is 30.3. The molecule has 1 aliphatic carbocycles. The molecule has 1 aliphatic heterocycles. The Hall–Kier alpha value is -2.70. The predicted octanol–water partition coefficient (Wildman–Crippen LogP) is 1.23. The third-order valence-corrected chi connectivity index (χ3v) is 4.97. The molecule has 1 unspecified atom stereocenters. The van der Waals surface area contributed by atoms with E-state index in [1.807, 2.05) is 6.07 Å². The summed E-state index contributed by atoms with van der Waals surface area (Å²) >= 11 is 0. The Balaban J connectivity index is 1.57. The summed E-state index contributed by atoms with van der Waals surface area (Å²) in [6.45, 7) is 2.48. The summed E-state index contributed by atoms with van der Waals surface area (Å²) in [5.41, 5.74) is 2.49. The SMILES string of the molecule is CC1(c2ccc3c(c2)CCC3)NC(=O)N(CCn2cncn2)C1=O.